The Kier molecular flexibility index (Phi) is 7.33. The number of amides is 1. The van der Waals surface area contributed by atoms with Crippen molar-refractivity contribution in [1.82, 2.24) is 15.2 Å². The zero-order valence-electron chi connectivity index (χ0n) is 14.5. The first kappa shape index (κ1) is 17.7. The Balaban J connectivity index is 1.84. The minimum atomic E-state index is -0.0896. The van der Waals surface area contributed by atoms with E-state index in [-0.39, 0.29) is 5.91 Å². The summed E-state index contributed by atoms with van der Waals surface area (Å²) in [5, 5.41) is 6.51. The number of hydrogen-bond donors (Lipinski definition) is 2. The highest BCUT2D eigenvalue weighted by molar-refractivity contribution is 5.93. The van der Waals surface area contributed by atoms with E-state index in [1.807, 2.05) is 26.2 Å². The van der Waals surface area contributed by atoms with E-state index in [0.717, 1.165) is 18.7 Å². The van der Waals surface area contributed by atoms with E-state index < -0.39 is 0 Å². The van der Waals surface area contributed by atoms with Gasteiger partial charge < -0.3 is 15.5 Å². The van der Waals surface area contributed by atoms with Gasteiger partial charge in [-0.1, -0.05) is 25.7 Å². The van der Waals surface area contributed by atoms with E-state index >= 15 is 0 Å². The summed E-state index contributed by atoms with van der Waals surface area (Å²) in [5.74, 6) is -0.0896. The predicted molar refractivity (Wildman–Crippen MR) is 94.9 cm³/mol. The first-order valence-corrected chi connectivity index (χ1v) is 8.80. The van der Waals surface area contributed by atoms with Gasteiger partial charge in [0.1, 0.15) is 5.69 Å². The van der Waals surface area contributed by atoms with Crippen molar-refractivity contribution in [1.29, 1.82) is 0 Å². The summed E-state index contributed by atoms with van der Waals surface area (Å²) in [6.45, 7) is 1.65. The molecule has 1 heterocycles. The van der Waals surface area contributed by atoms with Gasteiger partial charge in [0, 0.05) is 24.5 Å². The first-order valence-electron chi connectivity index (χ1n) is 8.80. The highest BCUT2D eigenvalue weighted by Gasteiger charge is 2.13. The molecule has 2 N–H and O–H groups in total. The quantitative estimate of drug-likeness (QED) is 0.599. The lowest BCUT2D eigenvalue weighted by Crippen LogP contribution is -2.28. The summed E-state index contributed by atoms with van der Waals surface area (Å²) < 4.78 is 0. The summed E-state index contributed by atoms with van der Waals surface area (Å²) in [4.78, 5) is 18.5. The Morgan fingerprint density at radius 3 is 2.70 bits per heavy atom. The Morgan fingerprint density at radius 1 is 1.26 bits per heavy atom. The molecule has 0 unspecified atom stereocenters. The summed E-state index contributed by atoms with van der Waals surface area (Å²) in [6.07, 6.45) is 10.4. The van der Waals surface area contributed by atoms with E-state index in [2.05, 4.69) is 20.5 Å². The molecule has 0 aliphatic heterocycles. The molecule has 1 saturated carbocycles. The summed E-state index contributed by atoms with van der Waals surface area (Å²) in [5.41, 5.74) is 1.50. The third-order valence-corrected chi connectivity index (χ3v) is 4.29. The molecule has 0 aromatic carbocycles. The van der Waals surface area contributed by atoms with Crippen molar-refractivity contribution >= 4 is 11.6 Å². The van der Waals surface area contributed by atoms with Gasteiger partial charge >= 0.3 is 0 Å². The average molecular weight is 318 g/mol. The number of nitrogens with one attached hydrogen (secondary N) is 2. The topological polar surface area (TPSA) is 57.3 Å². The molecule has 128 valence electrons. The van der Waals surface area contributed by atoms with Crippen LogP contribution in [0.25, 0.3) is 0 Å². The SMILES string of the molecule is CN(C)CCCNC(=O)c1cc(NC2CCCCCC2)ccn1. The Morgan fingerprint density at radius 2 is 2.00 bits per heavy atom. The van der Waals surface area contributed by atoms with Crippen LogP contribution < -0.4 is 10.6 Å². The van der Waals surface area contributed by atoms with Crippen LogP contribution in [0.2, 0.25) is 0 Å². The molecule has 23 heavy (non-hydrogen) atoms. The molecule has 1 amide bonds. The van der Waals surface area contributed by atoms with Gasteiger partial charge in [-0.3, -0.25) is 9.78 Å². The van der Waals surface area contributed by atoms with E-state index in [4.69, 9.17) is 0 Å². The Labute approximate surface area is 139 Å². The second kappa shape index (κ2) is 9.50. The number of carbonyl (C=O) groups excluding carboxylic acids is 1. The lowest BCUT2D eigenvalue weighted by Gasteiger charge is -2.18. The molecule has 5 heteroatoms. The molecule has 0 bridgehead atoms. The number of pyridine rings is 1. The molecule has 1 aromatic heterocycles. The third-order valence-electron chi connectivity index (χ3n) is 4.29. The molecule has 0 atom stereocenters. The van der Waals surface area contributed by atoms with Crippen LogP contribution in [-0.2, 0) is 0 Å². The standard InChI is InChI=1S/C18H30N4O/c1-22(2)13-7-11-20-18(23)17-14-16(10-12-19-17)21-15-8-5-3-4-6-9-15/h10,12,14-15H,3-9,11,13H2,1-2H3,(H,19,21)(H,20,23). The van der Waals surface area contributed by atoms with E-state index in [0.29, 0.717) is 18.3 Å². The maximum absolute atomic E-state index is 12.2. The smallest absolute Gasteiger partial charge is 0.269 e. The fraction of sp³-hybridized carbons (Fsp3) is 0.667. The van der Waals surface area contributed by atoms with Crippen molar-refractivity contribution < 1.29 is 4.79 Å². The first-order chi connectivity index (χ1) is 11.1. The molecule has 1 aliphatic rings. The molecule has 1 aromatic rings. The number of carbonyl (C=O) groups is 1. The van der Waals surface area contributed by atoms with Crippen molar-refractivity contribution in [3.05, 3.63) is 24.0 Å². The van der Waals surface area contributed by atoms with Crippen LogP contribution in [0.4, 0.5) is 5.69 Å². The second-order valence-electron chi connectivity index (χ2n) is 6.68. The van der Waals surface area contributed by atoms with Crippen LogP contribution in [-0.4, -0.2) is 49.0 Å². The highest BCUT2D eigenvalue weighted by Crippen LogP contribution is 2.21. The molecule has 2 rings (SSSR count). The average Bonchev–Trinajstić information content (AvgIpc) is 2.80. The van der Waals surface area contributed by atoms with Gasteiger partial charge in [0.05, 0.1) is 0 Å². The van der Waals surface area contributed by atoms with Gasteiger partial charge in [-0.05, 0) is 52.0 Å². The lowest BCUT2D eigenvalue weighted by atomic mass is 10.1. The van der Waals surface area contributed by atoms with Crippen molar-refractivity contribution in [2.45, 2.75) is 51.0 Å². The molecule has 0 saturated heterocycles. The zero-order valence-corrected chi connectivity index (χ0v) is 14.5. The number of aromatic nitrogens is 1. The van der Waals surface area contributed by atoms with Gasteiger partial charge in [0.15, 0.2) is 0 Å². The Bertz CT molecular complexity index is 482. The minimum absolute atomic E-state index is 0.0896. The summed E-state index contributed by atoms with van der Waals surface area (Å²) in [7, 11) is 4.07. The highest BCUT2D eigenvalue weighted by atomic mass is 16.1. The monoisotopic (exact) mass is 318 g/mol. The van der Waals surface area contributed by atoms with Crippen molar-refractivity contribution in [2.24, 2.45) is 0 Å². The fourth-order valence-corrected chi connectivity index (χ4v) is 2.99. The number of nitrogens with zero attached hydrogens (tertiary/aromatic N) is 2. The van der Waals surface area contributed by atoms with Crippen LogP contribution >= 0.6 is 0 Å². The largest absolute Gasteiger partial charge is 0.382 e. The third kappa shape index (κ3) is 6.57. The molecular formula is C18H30N4O. The second-order valence-corrected chi connectivity index (χ2v) is 6.68. The fourth-order valence-electron chi connectivity index (χ4n) is 2.99. The molecule has 0 radical (unpaired) electrons. The van der Waals surface area contributed by atoms with Gasteiger partial charge in [0.25, 0.3) is 5.91 Å². The Hall–Kier alpha value is -1.62. The van der Waals surface area contributed by atoms with Gasteiger partial charge in [-0.25, -0.2) is 0 Å². The number of anilines is 1. The maximum Gasteiger partial charge on any atom is 0.269 e. The zero-order chi connectivity index (χ0) is 16.5. The number of rotatable bonds is 7. The van der Waals surface area contributed by atoms with Gasteiger partial charge in [-0.15, -0.1) is 0 Å². The van der Waals surface area contributed by atoms with Gasteiger partial charge in [0.2, 0.25) is 0 Å². The van der Waals surface area contributed by atoms with Crippen LogP contribution in [0.5, 0.6) is 0 Å². The minimum Gasteiger partial charge on any atom is -0.382 e. The van der Waals surface area contributed by atoms with E-state index in [1.165, 1.54) is 38.5 Å². The summed E-state index contributed by atoms with van der Waals surface area (Å²) in [6, 6.07) is 4.34. The van der Waals surface area contributed by atoms with Crippen LogP contribution in [0.15, 0.2) is 18.3 Å². The normalized spacial score (nSPS) is 16.1. The number of hydrogen-bond acceptors (Lipinski definition) is 4. The summed E-state index contributed by atoms with van der Waals surface area (Å²) >= 11 is 0. The predicted octanol–water partition coefficient (Wildman–Crippen LogP) is 2.90. The molecule has 1 fully saturated rings. The maximum atomic E-state index is 12.2. The van der Waals surface area contributed by atoms with Gasteiger partial charge in [-0.2, -0.15) is 0 Å². The van der Waals surface area contributed by atoms with E-state index in [9.17, 15) is 4.79 Å². The molecule has 1 aliphatic carbocycles. The molecule has 5 nitrogen and oxygen atoms in total. The van der Waals surface area contributed by atoms with Crippen LogP contribution in [0.1, 0.15) is 55.4 Å². The lowest BCUT2D eigenvalue weighted by molar-refractivity contribution is 0.0947. The van der Waals surface area contributed by atoms with Crippen molar-refractivity contribution in [2.75, 3.05) is 32.5 Å². The van der Waals surface area contributed by atoms with Crippen LogP contribution in [0, 0.1) is 0 Å². The molecular weight excluding hydrogens is 288 g/mol. The van der Waals surface area contributed by atoms with Crippen molar-refractivity contribution in [3.63, 3.8) is 0 Å². The molecule has 0 spiro atoms. The van der Waals surface area contributed by atoms with Crippen LogP contribution in [0.3, 0.4) is 0 Å². The van der Waals surface area contributed by atoms with E-state index in [1.54, 1.807) is 6.20 Å². The van der Waals surface area contributed by atoms with Crippen molar-refractivity contribution in [3.8, 4) is 0 Å².